The molecule has 0 bridgehead atoms. The van der Waals surface area contributed by atoms with Crippen LogP contribution in [0.15, 0.2) is 24.3 Å². The lowest BCUT2D eigenvalue weighted by Crippen LogP contribution is -2.26. The summed E-state index contributed by atoms with van der Waals surface area (Å²) in [4.78, 5) is 10.9. The minimum absolute atomic E-state index is 0.213. The first kappa shape index (κ1) is 13.7. The fourth-order valence-corrected chi connectivity index (χ4v) is 1.55. The molecule has 0 aromatic heterocycles. The number of rotatable bonds is 7. The van der Waals surface area contributed by atoms with Gasteiger partial charge in [0.15, 0.2) is 0 Å². The maximum absolute atomic E-state index is 10.9. The van der Waals surface area contributed by atoms with E-state index in [1.54, 1.807) is 12.1 Å². The Kier molecular flexibility index (Phi) is 5.66. The molecule has 1 aromatic carbocycles. The van der Waals surface area contributed by atoms with E-state index in [1.807, 2.05) is 26.0 Å². The van der Waals surface area contributed by atoms with Gasteiger partial charge in [-0.15, -0.1) is 0 Å². The molecule has 4 heteroatoms. The Morgan fingerprint density at radius 1 is 1.41 bits per heavy atom. The lowest BCUT2D eigenvalue weighted by atomic mass is 10.1. The van der Waals surface area contributed by atoms with Crippen molar-refractivity contribution in [1.29, 1.82) is 0 Å². The molecular weight excluding hydrogens is 216 g/mol. The van der Waals surface area contributed by atoms with Crippen molar-refractivity contribution in [2.45, 2.75) is 26.5 Å². The van der Waals surface area contributed by atoms with E-state index in [1.165, 1.54) is 0 Å². The van der Waals surface area contributed by atoms with Gasteiger partial charge in [0.2, 0.25) is 5.91 Å². The number of benzene rings is 1. The monoisotopic (exact) mass is 236 g/mol. The molecule has 0 aliphatic heterocycles. The van der Waals surface area contributed by atoms with Gasteiger partial charge in [-0.05, 0) is 31.5 Å². The Bertz CT molecular complexity index is 349. The van der Waals surface area contributed by atoms with E-state index < -0.39 is 5.91 Å². The highest BCUT2D eigenvalue weighted by Gasteiger charge is 2.01. The first-order valence-electron chi connectivity index (χ1n) is 5.84. The molecule has 0 spiro atoms. The van der Waals surface area contributed by atoms with Crippen molar-refractivity contribution >= 4 is 5.91 Å². The molecule has 0 saturated carbocycles. The summed E-state index contributed by atoms with van der Waals surface area (Å²) in [5, 5.41) is 3.29. The van der Waals surface area contributed by atoms with Crippen LogP contribution in [-0.2, 0) is 11.3 Å². The zero-order valence-corrected chi connectivity index (χ0v) is 10.4. The summed E-state index contributed by atoms with van der Waals surface area (Å²) < 4.78 is 5.41. The maximum Gasteiger partial charge on any atom is 0.248 e. The van der Waals surface area contributed by atoms with E-state index in [4.69, 9.17) is 10.5 Å². The number of nitrogens with one attached hydrogen (secondary N) is 1. The summed E-state index contributed by atoms with van der Waals surface area (Å²) >= 11 is 0. The Balaban J connectivity index is 2.34. The predicted molar refractivity (Wildman–Crippen MR) is 67.8 cm³/mol. The molecule has 1 rings (SSSR count). The van der Waals surface area contributed by atoms with Gasteiger partial charge in [0.25, 0.3) is 0 Å². The van der Waals surface area contributed by atoms with Gasteiger partial charge in [0.05, 0.1) is 6.10 Å². The number of nitrogens with two attached hydrogens (primary N) is 1. The number of hydrogen-bond donors (Lipinski definition) is 2. The first-order valence-corrected chi connectivity index (χ1v) is 5.84. The van der Waals surface area contributed by atoms with Crippen LogP contribution in [0.4, 0.5) is 0 Å². The molecule has 4 nitrogen and oxygen atoms in total. The average molecular weight is 236 g/mol. The van der Waals surface area contributed by atoms with Crippen molar-refractivity contribution in [3.63, 3.8) is 0 Å². The van der Waals surface area contributed by atoms with Gasteiger partial charge in [-0.3, -0.25) is 4.79 Å². The molecule has 0 aliphatic rings. The fourth-order valence-electron chi connectivity index (χ4n) is 1.55. The van der Waals surface area contributed by atoms with E-state index in [9.17, 15) is 4.79 Å². The van der Waals surface area contributed by atoms with E-state index in [0.29, 0.717) is 5.56 Å². The molecule has 1 unspecified atom stereocenters. The second-order valence-corrected chi connectivity index (χ2v) is 3.96. The summed E-state index contributed by atoms with van der Waals surface area (Å²) in [7, 11) is 0. The van der Waals surface area contributed by atoms with E-state index in [-0.39, 0.29) is 6.10 Å². The maximum atomic E-state index is 10.9. The third-order valence-corrected chi connectivity index (χ3v) is 2.45. The quantitative estimate of drug-likeness (QED) is 0.750. The highest BCUT2D eigenvalue weighted by atomic mass is 16.5. The third kappa shape index (κ3) is 4.97. The van der Waals surface area contributed by atoms with Crippen LogP contribution in [0.1, 0.15) is 29.8 Å². The summed E-state index contributed by atoms with van der Waals surface area (Å²) in [5.41, 5.74) is 6.83. The third-order valence-electron chi connectivity index (χ3n) is 2.45. The summed E-state index contributed by atoms with van der Waals surface area (Å²) in [6.07, 6.45) is 0.213. The lowest BCUT2D eigenvalue weighted by molar-refractivity contribution is 0.0759. The molecule has 94 valence electrons. The van der Waals surface area contributed by atoms with Gasteiger partial charge < -0.3 is 15.8 Å². The Morgan fingerprint density at radius 3 is 2.59 bits per heavy atom. The zero-order chi connectivity index (χ0) is 12.7. The van der Waals surface area contributed by atoms with Gasteiger partial charge in [-0.1, -0.05) is 12.1 Å². The second-order valence-electron chi connectivity index (χ2n) is 3.96. The highest BCUT2D eigenvalue weighted by Crippen LogP contribution is 2.03. The van der Waals surface area contributed by atoms with Crippen LogP contribution in [0.2, 0.25) is 0 Å². The van der Waals surface area contributed by atoms with Crippen LogP contribution in [0, 0.1) is 0 Å². The summed E-state index contributed by atoms with van der Waals surface area (Å²) in [6, 6.07) is 7.29. The van der Waals surface area contributed by atoms with Crippen molar-refractivity contribution in [3.05, 3.63) is 35.4 Å². The molecule has 17 heavy (non-hydrogen) atoms. The number of amides is 1. The molecule has 1 aromatic rings. The molecule has 0 aliphatic carbocycles. The number of carbonyl (C=O) groups is 1. The predicted octanol–water partition coefficient (Wildman–Crippen LogP) is 1.30. The molecule has 0 heterocycles. The SMILES string of the molecule is CCOC(C)CNCc1ccc(C(N)=O)cc1. The van der Waals surface area contributed by atoms with Crippen LogP contribution < -0.4 is 11.1 Å². The van der Waals surface area contributed by atoms with Crippen molar-refractivity contribution in [3.8, 4) is 0 Å². The zero-order valence-electron chi connectivity index (χ0n) is 10.4. The standard InChI is InChI=1S/C13H20N2O2/c1-3-17-10(2)8-15-9-11-4-6-12(7-5-11)13(14)16/h4-7,10,15H,3,8-9H2,1-2H3,(H2,14,16). The largest absolute Gasteiger partial charge is 0.377 e. The molecule has 1 atom stereocenters. The van der Waals surface area contributed by atoms with Crippen molar-refractivity contribution in [1.82, 2.24) is 5.32 Å². The molecule has 0 radical (unpaired) electrons. The van der Waals surface area contributed by atoms with E-state index in [2.05, 4.69) is 5.32 Å². The van der Waals surface area contributed by atoms with Crippen molar-refractivity contribution in [2.24, 2.45) is 5.73 Å². The lowest BCUT2D eigenvalue weighted by Gasteiger charge is -2.12. The van der Waals surface area contributed by atoms with Gasteiger partial charge in [0, 0.05) is 25.3 Å². The van der Waals surface area contributed by atoms with Crippen LogP contribution in [0.5, 0.6) is 0 Å². The highest BCUT2D eigenvalue weighted by molar-refractivity contribution is 5.92. The van der Waals surface area contributed by atoms with Gasteiger partial charge in [-0.25, -0.2) is 0 Å². The van der Waals surface area contributed by atoms with Crippen molar-refractivity contribution < 1.29 is 9.53 Å². The van der Waals surface area contributed by atoms with Crippen LogP contribution in [0.3, 0.4) is 0 Å². The molecule has 3 N–H and O–H groups in total. The number of carbonyl (C=O) groups excluding carboxylic acids is 1. The minimum Gasteiger partial charge on any atom is -0.377 e. The molecule has 0 fully saturated rings. The number of hydrogen-bond acceptors (Lipinski definition) is 3. The Hall–Kier alpha value is -1.39. The minimum atomic E-state index is -0.394. The Morgan fingerprint density at radius 2 is 2.06 bits per heavy atom. The average Bonchev–Trinajstić information content (AvgIpc) is 2.30. The summed E-state index contributed by atoms with van der Waals surface area (Å²) in [6.45, 7) is 6.32. The van der Waals surface area contributed by atoms with Gasteiger partial charge in [-0.2, -0.15) is 0 Å². The smallest absolute Gasteiger partial charge is 0.248 e. The van der Waals surface area contributed by atoms with E-state index in [0.717, 1.165) is 25.3 Å². The topological polar surface area (TPSA) is 64.3 Å². The molecular formula is C13H20N2O2. The molecule has 1 amide bonds. The van der Waals surface area contributed by atoms with E-state index >= 15 is 0 Å². The normalized spacial score (nSPS) is 12.4. The second kappa shape index (κ2) is 7.04. The van der Waals surface area contributed by atoms with Gasteiger partial charge >= 0.3 is 0 Å². The number of primary amides is 1. The van der Waals surface area contributed by atoms with Crippen molar-refractivity contribution in [2.75, 3.05) is 13.2 Å². The van der Waals surface area contributed by atoms with Crippen LogP contribution in [-0.4, -0.2) is 25.2 Å². The fraction of sp³-hybridized carbons (Fsp3) is 0.462. The Labute approximate surface area is 102 Å². The van der Waals surface area contributed by atoms with Gasteiger partial charge in [0.1, 0.15) is 0 Å². The number of ether oxygens (including phenoxy) is 1. The molecule has 0 saturated heterocycles. The van der Waals surface area contributed by atoms with Crippen LogP contribution >= 0.6 is 0 Å². The van der Waals surface area contributed by atoms with Crippen LogP contribution in [0.25, 0.3) is 0 Å². The first-order chi connectivity index (χ1) is 8.13. The summed E-state index contributed by atoms with van der Waals surface area (Å²) in [5.74, 6) is -0.394.